The molecular weight excluding hydrogens is 260 g/mol. The summed E-state index contributed by atoms with van der Waals surface area (Å²) >= 11 is 3.24. The number of nitrogens with zero attached hydrogens (tertiary/aromatic N) is 1. The molecule has 1 atom stereocenters. The maximum absolute atomic E-state index is 11.2. The largest absolute Gasteiger partial charge is 0.380 e. The molecule has 2 N–H and O–H groups in total. The third-order valence-corrected chi connectivity index (χ3v) is 2.37. The van der Waals surface area contributed by atoms with E-state index in [0.29, 0.717) is 16.9 Å². The second-order valence-electron chi connectivity index (χ2n) is 3.00. The third kappa shape index (κ3) is 3.60. The van der Waals surface area contributed by atoms with Crippen LogP contribution in [0.15, 0.2) is 22.8 Å². The fraction of sp³-hybridized carbons (Fsp3) is 0.400. The lowest BCUT2D eigenvalue weighted by atomic mass is 10.1. The molecule has 0 fully saturated rings. The second kappa shape index (κ2) is 5.82. The monoisotopic (exact) mass is 272 g/mol. The van der Waals surface area contributed by atoms with Gasteiger partial charge in [0.1, 0.15) is 10.5 Å². The summed E-state index contributed by atoms with van der Waals surface area (Å²) in [5, 5.41) is 0. The van der Waals surface area contributed by atoms with E-state index in [1.54, 1.807) is 12.1 Å². The van der Waals surface area contributed by atoms with Crippen molar-refractivity contribution in [1.82, 2.24) is 4.98 Å². The Morgan fingerprint density at radius 3 is 2.93 bits per heavy atom. The summed E-state index contributed by atoms with van der Waals surface area (Å²) in [4.78, 5) is 15.4. The number of pyridine rings is 1. The maximum atomic E-state index is 11.2. The van der Waals surface area contributed by atoms with Crippen LogP contribution in [0.1, 0.15) is 18.5 Å². The molecule has 0 aliphatic carbocycles. The van der Waals surface area contributed by atoms with Crippen molar-refractivity contribution in [3.63, 3.8) is 0 Å². The minimum absolute atomic E-state index is 0.273. The fourth-order valence-electron chi connectivity index (χ4n) is 1.17. The number of hydrogen-bond acceptors (Lipinski definition) is 3. The van der Waals surface area contributed by atoms with E-state index in [-0.39, 0.29) is 6.61 Å². The maximum Gasteiger partial charge on any atom is 0.228 e. The molecule has 1 unspecified atom stereocenters. The normalized spacial score (nSPS) is 12.4. The predicted molar refractivity (Wildman–Crippen MR) is 60.4 cm³/mol. The molecule has 1 aromatic rings. The number of hydrogen-bond donors (Lipinski definition) is 1. The number of carbonyl (C=O) groups is 1. The molecule has 0 aliphatic heterocycles. The van der Waals surface area contributed by atoms with Crippen molar-refractivity contribution < 1.29 is 9.53 Å². The van der Waals surface area contributed by atoms with Crippen LogP contribution in [-0.4, -0.2) is 24.1 Å². The fourth-order valence-corrected chi connectivity index (χ4v) is 1.52. The van der Waals surface area contributed by atoms with Crippen molar-refractivity contribution >= 4 is 21.8 Å². The van der Waals surface area contributed by atoms with Crippen LogP contribution < -0.4 is 5.73 Å². The third-order valence-electron chi connectivity index (χ3n) is 1.93. The van der Waals surface area contributed by atoms with Crippen molar-refractivity contribution in [3.8, 4) is 0 Å². The summed E-state index contributed by atoms with van der Waals surface area (Å²) in [5.74, 6) is -0.906. The van der Waals surface area contributed by atoms with Crippen molar-refractivity contribution in [3.05, 3.63) is 28.5 Å². The van der Waals surface area contributed by atoms with Gasteiger partial charge in [-0.3, -0.25) is 4.79 Å². The molecule has 1 heterocycles. The highest BCUT2D eigenvalue weighted by atomic mass is 79.9. The van der Waals surface area contributed by atoms with Crippen LogP contribution in [0.2, 0.25) is 0 Å². The van der Waals surface area contributed by atoms with E-state index < -0.39 is 11.8 Å². The summed E-state index contributed by atoms with van der Waals surface area (Å²) in [7, 11) is 0. The Labute approximate surface area is 97.0 Å². The Balaban J connectivity index is 2.84. The van der Waals surface area contributed by atoms with Crippen LogP contribution in [0.3, 0.4) is 0 Å². The molecule has 1 rings (SSSR count). The Hall–Kier alpha value is -0.940. The van der Waals surface area contributed by atoms with Gasteiger partial charge in [0.05, 0.1) is 12.3 Å². The molecule has 0 saturated carbocycles. The average Bonchev–Trinajstić information content (AvgIpc) is 2.18. The molecule has 0 spiro atoms. The molecule has 0 radical (unpaired) electrons. The van der Waals surface area contributed by atoms with Gasteiger partial charge in [-0.05, 0) is 35.0 Å². The van der Waals surface area contributed by atoms with E-state index in [1.807, 2.05) is 13.0 Å². The highest BCUT2D eigenvalue weighted by Gasteiger charge is 2.19. The van der Waals surface area contributed by atoms with Crippen LogP contribution in [0, 0.1) is 0 Å². The summed E-state index contributed by atoms with van der Waals surface area (Å²) < 4.78 is 5.88. The van der Waals surface area contributed by atoms with Crippen LogP contribution in [0.25, 0.3) is 0 Å². The van der Waals surface area contributed by atoms with Gasteiger partial charge < -0.3 is 10.5 Å². The molecule has 15 heavy (non-hydrogen) atoms. The predicted octanol–water partition coefficient (Wildman–Crippen LogP) is 1.45. The molecule has 0 bridgehead atoms. The molecule has 0 aliphatic rings. The van der Waals surface area contributed by atoms with Crippen LogP contribution in [0.4, 0.5) is 0 Å². The Morgan fingerprint density at radius 1 is 1.67 bits per heavy atom. The SMILES string of the molecule is CCOCC(C(N)=O)c1cccc(Br)n1. The van der Waals surface area contributed by atoms with E-state index in [4.69, 9.17) is 10.5 Å². The Bertz CT molecular complexity index is 344. The van der Waals surface area contributed by atoms with E-state index in [2.05, 4.69) is 20.9 Å². The lowest BCUT2D eigenvalue weighted by molar-refractivity contribution is -0.120. The van der Waals surface area contributed by atoms with Gasteiger partial charge in [0, 0.05) is 6.61 Å². The summed E-state index contributed by atoms with van der Waals surface area (Å²) in [6, 6.07) is 5.37. The van der Waals surface area contributed by atoms with Gasteiger partial charge in [-0.25, -0.2) is 4.98 Å². The Morgan fingerprint density at radius 2 is 2.40 bits per heavy atom. The summed E-state index contributed by atoms with van der Waals surface area (Å²) in [6.07, 6.45) is 0. The van der Waals surface area contributed by atoms with Gasteiger partial charge in [-0.2, -0.15) is 0 Å². The average molecular weight is 273 g/mol. The zero-order chi connectivity index (χ0) is 11.3. The smallest absolute Gasteiger partial charge is 0.228 e. The molecule has 5 heteroatoms. The number of aromatic nitrogens is 1. The van der Waals surface area contributed by atoms with Gasteiger partial charge in [-0.15, -0.1) is 0 Å². The van der Waals surface area contributed by atoms with Gasteiger partial charge in [0.25, 0.3) is 0 Å². The molecule has 1 amide bonds. The van der Waals surface area contributed by atoms with Crippen LogP contribution in [-0.2, 0) is 9.53 Å². The van der Waals surface area contributed by atoms with Crippen LogP contribution >= 0.6 is 15.9 Å². The highest BCUT2D eigenvalue weighted by molar-refractivity contribution is 9.10. The zero-order valence-electron chi connectivity index (χ0n) is 8.44. The second-order valence-corrected chi connectivity index (χ2v) is 3.81. The molecule has 82 valence electrons. The van der Waals surface area contributed by atoms with Crippen molar-refractivity contribution in [2.75, 3.05) is 13.2 Å². The molecule has 0 aromatic carbocycles. The Kier molecular flexibility index (Phi) is 4.71. The summed E-state index contributed by atoms with van der Waals surface area (Å²) in [5.41, 5.74) is 5.92. The first kappa shape index (κ1) is 12.1. The van der Waals surface area contributed by atoms with Crippen molar-refractivity contribution in [2.45, 2.75) is 12.8 Å². The number of carbonyl (C=O) groups excluding carboxylic acids is 1. The lowest BCUT2D eigenvalue weighted by Crippen LogP contribution is -2.26. The van der Waals surface area contributed by atoms with Gasteiger partial charge in [0.2, 0.25) is 5.91 Å². The van der Waals surface area contributed by atoms with E-state index in [0.717, 1.165) is 0 Å². The number of ether oxygens (including phenoxy) is 1. The zero-order valence-corrected chi connectivity index (χ0v) is 10.0. The van der Waals surface area contributed by atoms with E-state index in [1.165, 1.54) is 0 Å². The van der Waals surface area contributed by atoms with Crippen molar-refractivity contribution in [2.24, 2.45) is 5.73 Å². The quantitative estimate of drug-likeness (QED) is 0.826. The molecular formula is C10H13BrN2O2. The molecule has 4 nitrogen and oxygen atoms in total. The first-order chi connectivity index (χ1) is 7.15. The van der Waals surface area contributed by atoms with Gasteiger partial charge >= 0.3 is 0 Å². The molecule has 1 aromatic heterocycles. The highest BCUT2D eigenvalue weighted by Crippen LogP contribution is 2.16. The van der Waals surface area contributed by atoms with E-state index >= 15 is 0 Å². The van der Waals surface area contributed by atoms with E-state index in [9.17, 15) is 4.79 Å². The van der Waals surface area contributed by atoms with Gasteiger partial charge in [-0.1, -0.05) is 6.07 Å². The van der Waals surface area contributed by atoms with Crippen molar-refractivity contribution in [1.29, 1.82) is 0 Å². The topological polar surface area (TPSA) is 65.2 Å². The molecule has 0 saturated heterocycles. The number of primary amides is 1. The lowest BCUT2D eigenvalue weighted by Gasteiger charge is -2.12. The minimum Gasteiger partial charge on any atom is -0.380 e. The summed E-state index contributed by atoms with van der Waals surface area (Å²) in [6.45, 7) is 2.69. The van der Waals surface area contributed by atoms with Crippen LogP contribution in [0.5, 0.6) is 0 Å². The minimum atomic E-state index is -0.484. The number of amides is 1. The number of nitrogens with two attached hydrogens (primary N) is 1. The first-order valence-corrected chi connectivity index (χ1v) is 5.44. The first-order valence-electron chi connectivity index (χ1n) is 4.64. The standard InChI is InChI=1S/C10H13BrN2O2/c1-2-15-6-7(10(12)14)8-4-3-5-9(11)13-8/h3-5,7H,2,6H2,1H3,(H2,12,14). The number of rotatable bonds is 5. The number of halogens is 1. The van der Waals surface area contributed by atoms with Gasteiger partial charge in [0.15, 0.2) is 0 Å².